The second kappa shape index (κ2) is 7.19. The lowest BCUT2D eigenvalue weighted by molar-refractivity contribution is 0.0951. The van der Waals surface area contributed by atoms with Gasteiger partial charge in [0.1, 0.15) is 11.9 Å². The van der Waals surface area contributed by atoms with E-state index in [1.54, 1.807) is 24.3 Å². The van der Waals surface area contributed by atoms with Crippen molar-refractivity contribution in [2.24, 2.45) is 0 Å². The standard InChI is InChI=1S/C20H19FN4O2/c1-12(19-24-25-20(27-19)13-5-7-15(21)8-6-13)22-17-4-2-3-14(11-17)18(26)23-16-9-10-16/h2-8,11-12,16,22H,9-10H2,1H3,(H,23,26)/t12-/m0/s1. The minimum Gasteiger partial charge on any atom is -0.418 e. The molecule has 1 heterocycles. The summed E-state index contributed by atoms with van der Waals surface area (Å²) in [5.41, 5.74) is 2.05. The molecule has 1 aromatic heterocycles. The van der Waals surface area contributed by atoms with Gasteiger partial charge in [-0.25, -0.2) is 4.39 Å². The number of carbonyl (C=O) groups is 1. The smallest absolute Gasteiger partial charge is 0.251 e. The molecule has 4 rings (SSSR count). The van der Waals surface area contributed by atoms with Crippen LogP contribution in [0.2, 0.25) is 0 Å². The highest BCUT2D eigenvalue weighted by atomic mass is 19.1. The molecule has 3 aromatic rings. The molecule has 0 bridgehead atoms. The topological polar surface area (TPSA) is 80.0 Å². The van der Waals surface area contributed by atoms with Crippen molar-refractivity contribution in [2.45, 2.75) is 31.8 Å². The highest BCUT2D eigenvalue weighted by Crippen LogP contribution is 2.24. The Morgan fingerprint density at radius 1 is 1.19 bits per heavy atom. The quantitative estimate of drug-likeness (QED) is 0.691. The normalized spacial score (nSPS) is 14.6. The van der Waals surface area contributed by atoms with Crippen LogP contribution in [-0.4, -0.2) is 22.1 Å². The monoisotopic (exact) mass is 366 g/mol. The molecule has 7 heteroatoms. The Morgan fingerprint density at radius 3 is 2.70 bits per heavy atom. The summed E-state index contributed by atoms with van der Waals surface area (Å²) in [7, 11) is 0. The second-order valence-electron chi connectivity index (χ2n) is 6.65. The van der Waals surface area contributed by atoms with E-state index in [-0.39, 0.29) is 17.8 Å². The SMILES string of the molecule is C[C@H](Nc1cccc(C(=O)NC2CC2)c1)c1nnc(-c2ccc(F)cc2)o1. The van der Waals surface area contributed by atoms with Crippen molar-refractivity contribution in [3.8, 4) is 11.5 Å². The fourth-order valence-corrected chi connectivity index (χ4v) is 2.68. The van der Waals surface area contributed by atoms with Gasteiger partial charge in [0.2, 0.25) is 11.8 Å². The molecule has 0 unspecified atom stereocenters. The zero-order valence-corrected chi connectivity index (χ0v) is 14.8. The van der Waals surface area contributed by atoms with Gasteiger partial charge in [0, 0.05) is 22.9 Å². The first-order valence-corrected chi connectivity index (χ1v) is 8.85. The van der Waals surface area contributed by atoms with Crippen LogP contribution >= 0.6 is 0 Å². The fraction of sp³-hybridized carbons (Fsp3) is 0.250. The third-order valence-corrected chi connectivity index (χ3v) is 4.32. The molecule has 1 fully saturated rings. The lowest BCUT2D eigenvalue weighted by Crippen LogP contribution is -2.25. The Balaban J connectivity index is 1.45. The Bertz CT molecular complexity index is 951. The zero-order valence-electron chi connectivity index (χ0n) is 14.8. The Morgan fingerprint density at radius 2 is 1.96 bits per heavy atom. The molecule has 0 aliphatic heterocycles. The van der Waals surface area contributed by atoms with Crippen LogP contribution in [-0.2, 0) is 0 Å². The molecular formula is C20H19FN4O2. The maximum atomic E-state index is 13.0. The number of carbonyl (C=O) groups excluding carboxylic acids is 1. The van der Waals surface area contributed by atoms with Crippen molar-refractivity contribution in [3.63, 3.8) is 0 Å². The van der Waals surface area contributed by atoms with E-state index < -0.39 is 0 Å². The van der Waals surface area contributed by atoms with E-state index in [4.69, 9.17) is 4.42 Å². The molecule has 1 aliphatic carbocycles. The van der Waals surface area contributed by atoms with E-state index in [0.29, 0.717) is 29.0 Å². The molecule has 1 atom stereocenters. The molecule has 27 heavy (non-hydrogen) atoms. The van der Waals surface area contributed by atoms with Crippen molar-refractivity contribution in [3.05, 3.63) is 65.8 Å². The first-order chi connectivity index (χ1) is 13.1. The van der Waals surface area contributed by atoms with Gasteiger partial charge in [-0.05, 0) is 62.2 Å². The van der Waals surface area contributed by atoms with Crippen LogP contribution in [0, 0.1) is 5.82 Å². The highest BCUT2D eigenvalue weighted by Gasteiger charge is 2.24. The summed E-state index contributed by atoms with van der Waals surface area (Å²) in [5.74, 6) is 0.350. The van der Waals surface area contributed by atoms with Crippen molar-refractivity contribution < 1.29 is 13.6 Å². The van der Waals surface area contributed by atoms with Gasteiger partial charge in [-0.3, -0.25) is 4.79 Å². The van der Waals surface area contributed by atoms with Crippen LogP contribution in [0.25, 0.3) is 11.5 Å². The van der Waals surface area contributed by atoms with Crippen molar-refractivity contribution in [2.75, 3.05) is 5.32 Å². The fourth-order valence-electron chi connectivity index (χ4n) is 2.68. The number of aromatic nitrogens is 2. The average Bonchev–Trinajstić information content (AvgIpc) is 3.34. The molecule has 1 aliphatic rings. The molecular weight excluding hydrogens is 347 g/mol. The van der Waals surface area contributed by atoms with Gasteiger partial charge in [-0.2, -0.15) is 0 Å². The number of benzene rings is 2. The predicted octanol–water partition coefficient (Wildman–Crippen LogP) is 3.94. The van der Waals surface area contributed by atoms with Crippen molar-refractivity contribution in [1.29, 1.82) is 0 Å². The average molecular weight is 366 g/mol. The lowest BCUT2D eigenvalue weighted by atomic mass is 10.1. The Hall–Kier alpha value is -3.22. The number of anilines is 1. The molecule has 6 nitrogen and oxygen atoms in total. The first-order valence-electron chi connectivity index (χ1n) is 8.85. The van der Waals surface area contributed by atoms with Gasteiger partial charge in [0.05, 0.1) is 0 Å². The summed E-state index contributed by atoms with van der Waals surface area (Å²) in [5, 5.41) is 14.3. The number of hydrogen-bond acceptors (Lipinski definition) is 5. The van der Waals surface area contributed by atoms with Crippen LogP contribution in [0.3, 0.4) is 0 Å². The zero-order chi connectivity index (χ0) is 18.8. The first kappa shape index (κ1) is 17.2. The van der Waals surface area contributed by atoms with E-state index in [1.807, 2.05) is 19.1 Å². The van der Waals surface area contributed by atoms with E-state index in [0.717, 1.165) is 18.5 Å². The minimum absolute atomic E-state index is 0.0646. The van der Waals surface area contributed by atoms with Crippen molar-refractivity contribution in [1.82, 2.24) is 15.5 Å². The third-order valence-electron chi connectivity index (χ3n) is 4.32. The van der Waals surface area contributed by atoms with Gasteiger partial charge >= 0.3 is 0 Å². The highest BCUT2D eigenvalue weighted by molar-refractivity contribution is 5.95. The van der Waals surface area contributed by atoms with Crippen LogP contribution in [0.15, 0.2) is 52.9 Å². The minimum atomic E-state index is -0.320. The number of halogens is 1. The van der Waals surface area contributed by atoms with Gasteiger partial charge in [-0.1, -0.05) is 6.07 Å². The molecule has 138 valence electrons. The van der Waals surface area contributed by atoms with Gasteiger partial charge in [0.15, 0.2) is 0 Å². The van der Waals surface area contributed by atoms with Crippen LogP contribution < -0.4 is 10.6 Å². The van der Waals surface area contributed by atoms with E-state index in [1.165, 1.54) is 12.1 Å². The summed E-state index contributed by atoms with van der Waals surface area (Å²) in [6, 6.07) is 13.2. The van der Waals surface area contributed by atoms with Gasteiger partial charge < -0.3 is 15.1 Å². The summed E-state index contributed by atoms with van der Waals surface area (Å²) < 4.78 is 18.7. The van der Waals surface area contributed by atoms with Crippen LogP contribution in [0.4, 0.5) is 10.1 Å². The summed E-state index contributed by atoms with van der Waals surface area (Å²) >= 11 is 0. The predicted molar refractivity (Wildman–Crippen MR) is 98.7 cm³/mol. The molecule has 1 amide bonds. The maximum absolute atomic E-state index is 13.0. The Labute approximate surface area is 155 Å². The number of rotatable bonds is 6. The van der Waals surface area contributed by atoms with Gasteiger partial charge in [-0.15, -0.1) is 10.2 Å². The van der Waals surface area contributed by atoms with E-state index >= 15 is 0 Å². The van der Waals surface area contributed by atoms with Gasteiger partial charge in [0.25, 0.3) is 5.91 Å². The molecule has 2 aromatic carbocycles. The number of nitrogens with one attached hydrogen (secondary N) is 2. The number of amides is 1. The Kier molecular flexibility index (Phi) is 4.58. The molecule has 2 N–H and O–H groups in total. The lowest BCUT2D eigenvalue weighted by Gasteiger charge is -2.12. The molecule has 1 saturated carbocycles. The summed E-state index contributed by atoms with van der Waals surface area (Å²) in [6.45, 7) is 1.89. The molecule has 0 spiro atoms. The van der Waals surface area contributed by atoms with Crippen molar-refractivity contribution >= 4 is 11.6 Å². The van der Waals surface area contributed by atoms with E-state index in [2.05, 4.69) is 20.8 Å². The number of nitrogens with zero attached hydrogens (tertiary/aromatic N) is 2. The molecule has 0 saturated heterocycles. The summed E-state index contributed by atoms with van der Waals surface area (Å²) in [4.78, 5) is 12.2. The maximum Gasteiger partial charge on any atom is 0.251 e. The molecule has 0 radical (unpaired) electrons. The summed E-state index contributed by atoms with van der Waals surface area (Å²) in [6.07, 6.45) is 2.10. The number of hydrogen-bond donors (Lipinski definition) is 2. The van der Waals surface area contributed by atoms with Crippen LogP contribution in [0.1, 0.15) is 42.1 Å². The largest absolute Gasteiger partial charge is 0.418 e. The third kappa shape index (κ3) is 4.13. The van der Waals surface area contributed by atoms with Crippen LogP contribution in [0.5, 0.6) is 0 Å². The second-order valence-corrected chi connectivity index (χ2v) is 6.65. The van der Waals surface area contributed by atoms with E-state index in [9.17, 15) is 9.18 Å².